The number of carbonyl (C=O) groups excluding carboxylic acids is 1. The highest BCUT2D eigenvalue weighted by atomic mass is 19.1. The fraction of sp³-hybridized carbons (Fsp3) is 0.286. The van der Waals surface area contributed by atoms with Crippen LogP contribution in [0, 0.1) is 17.1 Å². The molecule has 2 aromatic heterocycles. The minimum atomic E-state index is -0.778. The normalized spacial score (nSPS) is 11.6. The molecule has 3 aromatic rings. The van der Waals surface area contributed by atoms with E-state index in [1.54, 1.807) is 21.0 Å². The molecule has 32 heavy (non-hydrogen) atoms. The number of halogens is 1. The van der Waals surface area contributed by atoms with Gasteiger partial charge in [-0.1, -0.05) is 0 Å². The Labute approximate surface area is 183 Å². The van der Waals surface area contributed by atoms with Crippen LogP contribution in [0.25, 0.3) is 11.3 Å². The molecule has 166 valence electrons. The van der Waals surface area contributed by atoms with Gasteiger partial charge in [0, 0.05) is 25.2 Å². The van der Waals surface area contributed by atoms with Crippen molar-refractivity contribution in [2.45, 2.75) is 19.6 Å². The highest BCUT2D eigenvalue weighted by molar-refractivity contribution is 5.91. The van der Waals surface area contributed by atoms with Crippen molar-refractivity contribution in [2.75, 3.05) is 19.9 Å². The smallest absolute Gasteiger partial charge is 0.338 e. The van der Waals surface area contributed by atoms with E-state index in [1.165, 1.54) is 30.0 Å². The van der Waals surface area contributed by atoms with Crippen LogP contribution in [0.4, 0.5) is 10.2 Å². The lowest BCUT2D eigenvalue weighted by molar-refractivity contribution is 0.0595. The number of nitrogens with one attached hydrogen (secondary N) is 1. The summed E-state index contributed by atoms with van der Waals surface area (Å²) in [5.74, 6) is -1.00. The lowest BCUT2D eigenvalue weighted by Gasteiger charge is -2.18. The highest BCUT2D eigenvalue weighted by Crippen LogP contribution is 2.33. The number of ether oxygens (including phenoxy) is 2. The molecular weight excluding hydrogens is 417 g/mol. The molecule has 0 saturated carbocycles. The van der Waals surface area contributed by atoms with E-state index in [2.05, 4.69) is 26.7 Å². The van der Waals surface area contributed by atoms with Crippen LogP contribution in [0.5, 0.6) is 5.75 Å². The van der Waals surface area contributed by atoms with Crippen molar-refractivity contribution in [3.8, 4) is 23.1 Å². The quantitative estimate of drug-likeness (QED) is 0.529. The van der Waals surface area contributed by atoms with Crippen LogP contribution < -0.4 is 15.8 Å². The van der Waals surface area contributed by atoms with Gasteiger partial charge in [-0.05, 0) is 32.2 Å². The van der Waals surface area contributed by atoms with Crippen LogP contribution in [0.1, 0.15) is 40.3 Å². The Kier molecular flexibility index (Phi) is 6.65. The van der Waals surface area contributed by atoms with Crippen LogP contribution in [0.15, 0.2) is 24.3 Å². The number of benzene rings is 1. The maximum Gasteiger partial charge on any atom is 0.338 e. The molecule has 11 heteroatoms. The first-order chi connectivity index (χ1) is 15.3. The molecule has 1 atom stereocenters. The fourth-order valence-electron chi connectivity index (χ4n) is 3.29. The van der Waals surface area contributed by atoms with Crippen molar-refractivity contribution < 1.29 is 18.7 Å². The van der Waals surface area contributed by atoms with Gasteiger partial charge in [0.1, 0.15) is 29.4 Å². The predicted molar refractivity (Wildman–Crippen MR) is 113 cm³/mol. The number of aryl methyl sites for hydroxylation is 1. The number of nitriles is 1. The molecule has 0 aliphatic rings. The van der Waals surface area contributed by atoms with E-state index in [9.17, 15) is 14.4 Å². The van der Waals surface area contributed by atoms with Crippen molar-refractivity contribution in [1.82, 2.24) is 25.3 Å². The third-order valence-electron chi connectivity index (χ3n) is 4.77. The summed E-state index contributed by atoms with van der Waals surface area (Å²) >= 11 is 0. The minimum absolute atomic E-state index is 0.00538. The van der Waals surface area contributed by atoms with E-state index < -0.39 is 17.9 Å². The number of aromatic nitrogens is 4. The molecule has 0 radical (unpaired) electrons. The third-order valence-corrected chi connectivity index (χ3v) is 4.77. The molecule has 0 saturated heterocycles. The van der Waals surface area contributed by atoms with Gasteiger partial charge in [-0.2, -0.15) is 10.4 Å². The summed E-state index contributed by atoms with van der Waals surface area (Å²) in [6, 6.07) is 7.34. The van der Waals surface area contributed by atoms with Gasteiger partial charge in [0.25, 0.3) is 0 Å². The number of hydrogen-bond donors (Lipinski definition) is 2. The summed E-state index contributed by atoms with van der Waals surface area (Å²) in [5, 5.41) is 25.0. The van der Waals surface area contributed by atoms with Crippen LogP contribution in [-0.2, 0) is 18.3 Å². The Bertz CT molecular complexity index is 1200. The maximum atomic E-state index is 13.9. The van der Waals surface area contributed by atoms with Crippen LogP contribution >= 0.6 is 0 Å². The van der Waals surface area contributed by atoms with Gasteiger partial charge in [-0.3, -0.25) is 4.68 Å². The van der Waals surface area contributed by atoms with E-state index >= 15 is 0 Å². The van der Waals surface area contributed by atoms with Crippen molar-refractivity contribution >= 4 is 11.8 Å². The number of nitrogen functional groups attached to an aromatic ring is 1. The van der Waals surface area contributed by atoms with E-state index in [4.69, 9.17) is 15.2 Å². The second-order valence-electron chi connectivity index (χ2n) is 6.90. The first-order valence-corrected chi connectivity index (χ1v) is 9.59. The lowest BCUT2D eigenvalue weighted by atomic mass is 10.0. The summed E-state index contributed by atoms with van der Waals surface area (Å²) in [7, 11) is 4.65. The second kappa shape index (κ2) is 9.40. The maximum absolute atomic E-state index is 13.9. The zero-order chi connectivity index (χ0) is 23.4. The standard InChI is InChI=1S/C21H22FN7O3/c1-11(14-7-12(22)5-6-13(14)21(30)31-4)32-18-8-15(26-27-20(18)24)19-16(10-25-2)28-29(3)17(19)9-23/h5-8,11,25H,10H2,1-4H3,(H2,24,27). The minimum Gasteiger partial charge on any atom is -0.482 e. The van der Waals surface area contributed by atoms with E-state index in [0.717, 1.165) is 6.07 Å². The van der Waals surface area contributed by atoms with E-state index in [0.29, 0.717) is 29.2 Å². The Hall–Kier alpha value is -4.04. The number of carbonyl (C=O) groups is 1. The zero-order valence-corrected chi connectivity index (χ0v) is 18.0. The zero-order valence-electron chi connectivity index (χ0n) is 18.0. The monoisotopic (exact) mass is 439 g/mol. The van der Waals surface area contributed by atoms with Gasteiger partial charge in [0.05, 0.1) is 23.9 Å². The Morgan fingerprint density at radius 2 is 2.12 bits per heavy atom. The van der Waals surface area contributed by atoms with Crippen molar-refractivity contribution in [2.24, 2.45) is 7.05 Å². The van der Waals surface area contributed by atoms with Gasteiger partial charge in [-0.25, -0.2) is 9.18 Å². The van der Waals surface area contributed by atoms with Gasteiger partial charge < -0.3 is 20.5 Å². The number of nitrogens with zero attached hydrogens (tertiary/aromatic N) is 5. The predicted octanol–water partition coefficient (Wildman–Crippen LogP) is 2.12. The average molecular weight is 439 g/mol. The molecule has 0 aliphatic carbocycles. The van der Waals surface area contributed by atoms with Crippen LogP contribution in [0.3, 0.4) is 0 Å². The average Bonchev–Trinajstić information content (AvgIpc) is 3.09. The Morgan fingerprint density at radius 1 is 1.38 bits per heavy atom. The van der Waals surface area contributed by atoms with E-state index in [-0.39, 0.29) is 22.7 Å². The van der Waals surface area contributed by atoms with Crippen LogP contribution in [0.2, 0.25) is 0 Å². The molecular formula is C21H22FN7O3. The molecule has 0 bridgehead atoms. The van der Waals surface area contributed by atoms with Crippen molar-refractivity contribution in [1.29, 1.82) is 5.26 Å². The number of hydrogen-bond acceptors (Lipinski definition) is 9. The fourth-order valence-corrected chi connectivity index (χ4v) is 3.29. The van der Waals surface area contributed by atoms with Gasteiger partial charge in [0.2, 0.25) is 0 Å². The number of rotatable bonds is 7. The first-order valence-electron chi connectivity index (χ1n) is 9.59. The summed E-state index contributed by atoms with van der Waals surface area (Å²) < 4.78 is 26.0. The highest BCUT2D eigenvalue weighted by Gasteiger charge is 2.23. The Balaban J connectivity index is 2.03. The summed E-state index contributed by atoms with van der Waals surface area (Å²) in [5.41, 5.74) is 8.13. The van der Waals surface area contributed by atoms with Crippen molar-refractivity contribution in [3.63, 3.8) is 0 Å². The molecule has 10 nitrogen and oxygen atoms in total. The number of methoxy groups -OCH3 is 1. The molecule has 2 heterocycles. The number of nitrogens with two attached hydrogens (primary N) is 1. The molecule has 3 rings (SSSR count). The second-order valence-corrected chi connectivity index (χ2v) is 6.90. The van der Waals surface area contributed by atoms with Crippen LogP contribution in [-0.4, -0.2) is 40.1 Å². The summed E-state index contributed by atoms with van der Waals surface area (Å²) in [4.78, 5) is 12.1. The van der Waals surface area contributed by atoms with E-state index in [1.807, 2.05) is 0 Å². The van der Waals surface area contributed by atoms with Gasteiger partial charge in [-0.15, -0.1) is 10.2 Å². The third kappa shape index (κ3) is 4.35. The van der Waals surface area contributed by atoms with Gasteiger partial charge >= 0.3 is 5.97 Å². The molecule has 0 spiro atoms. The molecule has 1 aromatic carbocycles. The molecule has 0 amide bonds. The molecule has 1 unspecified atom stereocenters. The first kappa shape index (κ1) is 22.6. The lowest BCUT2D eigenvalue weighted by Crippen LogP contribution is -2.13. The topological polar surface area (TPSA) is 141 Å². The summed E-state index contributed by atoms with van der Waals surface area (Å²) in [6.07, 6.45) is -0.778. The molecule has 0 fully saturated rings. The summed E-state index contributed by atoms with van der Waals surface area (Å²) in [6.45, 7) is 2.03. The number of esters is 1. The molecule has 0 aliphatic heterocycles. The van der Waals surface area contributed by atoms with Crippen molar-refractivity contribution in [3.05, 3.63) is 52.6 Å². The largest absolute Gasteiger partial charge is 0.482 e. The Morgan fingerprint density at radius 3 is 2.78 bits per heavy atom. The van der Waals surface area contributed by atoms with Gasteiger partial charge in [0.15, 0.2) is 11.6 Å². The number of anilines is 1. The SMILES string of the molecule is CNCc1nn(C)c(C#N)c1-c1cc(OC(C)c2cc(F)ccc2C(=O)OC)c(N)nn1. The molecule has 3 N–H and O–H groups in total.